The number of halogens is 1. The lowest BCUT2D eigenvalue weighted by molar-refractivity contribution is -0.118. The first-order valence-electron chi connectivity index (χ1n) is 6.78. The van der Waals surface area contributed by atoms with Crippen LogP contribution in [0.3, 0.4) is 0 Å². The summed E-state index contributed by atoms with van der Waals surface area (Å²) in [7, 11) is 0. The topological polar surface area (TPSA) is 56.8 Å². The molecule has 1 aliphatic heterocycles. The van der Waals surface area contributed by atoms with Crippen molar-refractivity contribution in [1.82, 2.24) is 0 Å². The Morgan fingerprint density at radius 2 is 1.95 bits per heavy atom. The fourth-order valence-corrected chi connectivity index (χ4v) is 2.22. The van der Waals surface area contributed by atoms with Crippen LogP contribution in [0.15, 0.2) is 42.5 Å². The first kappa shape index (κ1) is 14.5. The lowest BCUT2D eigenvalue weighted by atomic mass is 10.3. The zero-order valence-corrected chi connectivity index (χ0v) is 12.4. The number of fused-ring (bicyclic) bond motifs is 1. The molecule has 0 fully saturated rings. The summed E-state index contributed by atoms with van der Waals surface area (Å²) < 4.78 is 16.3. The quantitative estimate of drug-likeness (QED) is 0.940. The van der Waals surface area contributed by atoms with Crippen LogP contribution in [0.1, 0.15) is 0 Å². The van der Waals surface area contributed by atoms with Gasteiger partial charge in [-0.15, -0.1) is 0 Å². The minimum absolute atomic E-state index is 0.105. The van der Waals surface area contributed by atoms with Crippen LogP contribution >= 0.6 is 11.6 Å². The highest BCUT2D eigenvalue weighted by Crippen LogP contribution is 2.33. The Kier molecular flexibility index (Phi) is 4.34. The van der Waals surface area contributed by atoms with Crippen LogP contribution in [-0.4, -0.2) is 25.7 Å². The van der Waals surface area contributed by atoms with Gasteiger partial charge in [0.1, 0.15) is 19.0 Å². The Morgan fingerprint density at radius 1 is 1.14 bits per heavy atom. The van der Waals surface area contributed by atoms with E-state index in [9.17, 15) is 4.79 Å². The zero-order valence-electron chi connectivity index (χ0n) is 11.7. The van der Waals surface area contributed by atoms with Crippen LogP contribution in [0.25, 0.3) is 0 Å². The largest absolute Gasteiger partial charge is 0.486 e. The van der Waals surface area contributed by atoms with Crippen LogP contribution in [0, 0.1) is 0 Å². The maximum absolute atomic E-state index is 11.9. The number of nitrogens with one attached hydrogen (secondary N) is 1. The van der Waals surface area contributed by atoms with E-state index >= 15 is 0 Å². The van der Waals surface area contributed by atoms with Gasteiger partial charge >= 0.3 is 0 Å². The maximum Gasteiger partial charge on any atom is 0.262 e. The predicted octanol–water partition coefficient (Wildman–Crippen LogP) is 3.13. The molecule has 0 unspecified atom stereocenters. The van der Waals surface area contributed by atoms with Crippen LogP contribution in [0.2, 0.25) is 5.02 Å². The Labute approximate surface area is 132 Å². The molecule has 0 aliphatic carbocycles. The average Bonchev–Trinajstić information content (AvgIpc) is 2.53. The first-order chi connectivity index (χ1) is 10.7. The number of ether oxygens (including phenoxy) is 3. The van der Waals surface area contributed by atoms with E-state index in [4.69, 9.17) is 25.8 Å². The van der Waals surface area contributed by atoms with E-state index in [0.717, 1.165) is 0 Å². The standard InChI is InChI=1S/C16H14ClNO4/c17-11-2-1-3-12(8-11)18-16(19)10-22-13-4-5-14-15(9-13)21-7-6-20-14/h1-5,8-9H,6-7,10H2,(H,18,19). The number of anilines is 1. The highest BCUT2D eigenvalue weighted by Gasteiger charge is 2.13. The summed E-state index contributed by atoms with van der Waals surface area (Å²) in [5, 5.41) is 3.27. The minimum atomic E-state index is -0.267. The van der Waals surface area contributed by atoms with Gasteiger partial charge in [-0.1, -0.05) is 17.7 Å². The number of carbonyl (C=O) groups excluding carboxylic acids is 1. The summed E-state index contributed by atoms with van der Waals surface area (Å²) in [4.78, 5) is 11.9. The van der Waals surface area contributed by atoms with Crippen molar-refractivity contribution in [1.29, 1.82) is 0 Å². The van der Waals surface area contributed by atoms with Gasteiger partial charge < -0.3 is 19.5 Å². The SMILES string of the molecule is O=C(COc1ccc2c(c1)OCCO2)Nc1cccc(Cl)c1. The molecule has 5 nitrogen and oxygen atoms in total. The molecular weight excluding hydrogens is 306 g/mol. The average molecular weight is 320 g/mol. The molecule has 0 saturated carbocycles. The fraction of sp³-hybridized carbons (Fsp3) is 0.188. The highest BCUT2D eigenvalue weighted by molar-refractivity contribution is 6.30. The summed E-state index contributed by atoms with van der Waals surface area (Å²) in [5.41, 5.74) is 0.628. The molecular formula is C16H14ClNO4. The van der Waals surface area contributed by atoms with Gasteiger partial charge in [-0.2, -0.15) is 0 Å². The van der Waals surface area contributed by atoms with Crippen molar-refractivity contribution in [3.63, 3.8) is 0 Å². The third-order valence-electron chi connectivity index (χ3n) is 2.99. The Morgan fingerprint density at radius 3 is 2.77 bits per heavy atom. The van der Waals surface area contributed by atoms with Crippen LogP contribution < -0.4 is 19.5 Å². The van der Waals surface area contributed by atoms with E-state index in [1.807, 2.05) is 0 Å². The summed E-state index contributed by atoms with van der Waals surface area (Å²) in [6.07, 6.45) is 0. The van der Waals surface area contributed by atoms with Gasteiger partial charge in [-0.05, 0) is 30.3 Å². The van der Waals surface area contributed by atoms with E-state index < -0.39 is 0 Å². The molecule has 2 aromatic rings. The minimum Gasteiger partial charge on any atom is -0.486 e. The van der Waals surface area contributed by atoms with Crippen LogP contribution in [-0.2, 0) is 4.79 Å². The van der Waals surface area contributed by atoms with Crippen molar-refractivity contribution in [2.75, 3.05) is 25.1 Å². The van der Waals surface area contributed by atoms with Crippen molar-refractivity contribution in [3.05, 3.63) is 47.5 Å². The molecule has 22 heavy (non-hydrogen) atoms. The lowest BCUT2D eigenvalue weighted by Crippen LogP contribution is -2.20. The first-order valence-corrected chi connectivity index (χ1v) is 7.16. The molecule has 1 aliphatic rings. The van der Waals surface area contributed by atoms with E-state index in [0.29, 0.717) is 41.2 Å². The Balaban J connectivity index is 1.57. The Hall–Kier alpha value is -2.40. The molecule has 0 aromatic heterocycles. The van der Waals surface area contributed by atoms with Crippen molar-refractivity contribution < 1.29 is 19.0 Å². The number of hydrogen-bond donors (Lipinski definition) is 1. The molecule has 0 radical (unpaired) electrons. The molecule has 0 saturated heterocycles. The number of amides is 1. The van der Waals surface area contributed by atoms with Crippen molar-refractivity contribution >= 4 is 23.2 Å². The monoisotopic (exact) mass is 319 g/mol. The number of rotatable bonds is 4. The van der Waals surface area contributed by atoms with Gasteiger partial charge in [0, 0.05) is 16.8 Å². The summed E-state index contributed by atoms with van der Waals surface area (Å²) in [6, 6.07) is 12.1. The lowest BCUT2D eigenvalue weighted by Gasteiger charge is -2.18. The molecule has 0 atom stereocenters. The van der Waals surface area contributed by atoms with Crippen LogP contribution in [0.5, 0.6) is 17.2 Å². The second kappa shape index (κ2) is 6.58. The highest BCUT2D eigenvalue weighted by atomic mass is 35.5. The molecule has 114 valence electrons. The predicted molar refractivity (Wildman–Crippen MR) is 83.0 cm³/mol. The molecule has 2 aromatic carbocycles. The normalized spacial score (nSPS) is 12.6. The smallest absolute Gasteiger partial charge is 0.262 e. The van der Waals surface area contributed by atoms with E-state index in [-0.39, 0.29) is 12.5 Å². The van der Waals surface area contributed by atoms with Gasteiger partial charge in [0.15, 0.2) is 18.1 Å². The maximum atomic E-state index is 11.9. The Bertz CT molecular complexity index is 690. The molecule has 1 heterocycles. The second-order valence-corrected chi connectivity index (χ2v) is 5.09. The third-order valence-corrected chi connectivity index (χ3v) is 3.23. The molecule has 6 heteroatoms. The van der Waals surface area contributed by atoms with E-state index in [1.165, 1.54) is 0 Å². The number of hydrogen-bond acceptors (Lipinski definition) is 4. The van der Waals surface area contributed by atoms with E-state index in [2.05, 4.69) is 5.32 Å². The summed E-state index contributed by atoms with van der Waals surface area (Å²) in [5.74, 6) is 1.59. The molecule has 0 bridgehead atoms. The molecule has 1 N–H and O–H groups in total. The van der Waals surface area contributed by atoms with Crippen molar-refractivity contribution in [3.8, 4) is 17.2 Å². The van der Waals surface area contributed by atoms with Crippen molar-refractivity contribution in [2.24, 2.45) is 0 Å². The summed E-state index contributed by atoms with van der Waals surface area (Å²) in [6.45, 7) is 0.938. The van der Waals surface area contributed by atoms with Gasteiger partial charge in [0.2, 0.25) is 0 Å². The number of benzene rings is 2. The third kappa shape index (κ3) is 3.62. The molecule has 1 amide bonds. The number of carbonyl (C=O) groups is 1. The fourth-order valence-electron chi connectivity index (χ4n) is 2.03. The van der Waals surface area contributed by atoms with Gasteiger partial charge in [-0.25, -0.2) is 0 Å². The van der Waals surface area contributed by atoms with Crippen LogP contribution in [0.4, 0.5) is 5.69 Å². The van der Waals surface area contributed by atoms with Gasteiger partial charge in [0.05, 0.1) is 0 Å². The van der Waals surface area contributed by atoms with Crippen molar-refractivity contribution in [2.45, 2.75) is 0 Å². The van der Waals surface area contributed by atoms with E-state index in [1.54, 1.807) is 42.5 Å². The summed E-state index contributed by atoms with van der Waals surface area (Å²) >= 11 is 5.86. The zero-order chi connectivity index (χ0) is 15.4. The van der Waals surface area contributed by atoms with Gasteiger partial charge in [0.25, 0.3) is 5.91 Å². The molecule has 0 spiro atoms. The van der Waals surface area contributed by atoms with Gasteiger partial charge in [-0.3, -0.25) is 4.79 Å². The molecule has 3 rings (SSSR count). The second-order valence-electron chi connectivity index (χ2n) is 4.65.